The summed E-state index contributed by atoms with van der Waals surface area (Å²) in [6, 6.07) is 5.51. The molecule has 2 aliphatic heterocycles. The number of carbonyl (C=O) groups is 1. The molecule has 0 radical (unpaired) electrons. The smallest absolute Gasteiger partial charge is 0.331 e. The molecule has 1 aromatic carbocycles. The molecule has 2 saturated heterocycles. The van der Waals surface area contributed by atoms with Crippen LogP contribution in [0.15, 0.2) is 35.9 Å². The lowest BCUT2D eigenvalue weighted by atomic mass is 9.68. The fourth-order valence-corrected chi connectivity index (χ4v) is 5.77. The van der Waals surface area contributed by atoms with Crippen LogP contribution in [-0.4, -0.2) is 75.6 Å². The third-order valence-electron chi connectivity index (χ3n) is 7.90. The topological polar surface area (TPSA) is 88.3 Å². The Morgan fingerprint density at radius 2 is 1.95 bits per heavy atom. The Labute approximate surface area is 232 Å². The summed E-state index contributed by atoms with van der Waals surface area (Å²) in [7, 11) is 3.27. The number of epoxide rings is 2. The molecule has 0 aromatic heterocycles. The maximum absolute atomic E-state index is 12.9. The van der Waals surface area contributed by atoms with Crippen molar-refractivity contribution in [2.45, 2.75) is 89.5 Å². The number of hydrogen-bond acceptors (Lipinski definition) is 8. The van der Waals surface area contributed by atoms with Gasteiger partial charge in [-0.15, -0.1) is 0 Å². The first kappa shape index (κ1) is 29.6. The van der Waals surface area contributed by atoms with Crippen molar-refractivity contribution < 1.29 is 38.0 Å². The molecule has 3 aliphatic rings. The lowest BCUT2D eigenvalue weighted by Crippen LogP contribution is -2.55. The van der Waals surface area contributed by atoms with Crippen molar-refractivity contribution in [2.24, 2.45) is 5.92 Å². The van der Waals surface area contributed by atoms with Gasteiger partial charge in [0.25, 0.3) is 0 Å². The minimum Gasteiger partial charge on any atom is -0.493 e. The highest BCUT2D eigenvalue weighted by Gasteiger charge is 2.72. The van der Waals surface area contributed by atoms with Gasteiger partial charge in [0.1, 0.15) is 30.0 Å². The molecule has 8 heteroatoms. The van der Waals surface area contributed by atoms with E-state index in [0.717, 1.165) is 18.4 Å². The van der Waals surface area contributed by atoms with Gasteiger partial charge in [0.05, 0.1) is 38.4 Å². The van der Waals surface area contributed by atoms with Crippen LogP contribution in [0.3, 0.4) is 0 Å². The molecule has 39 heavy (non-hydrogen) atoms. The standard InChI is InChI=1S/C31H44O8/c1-20(2)8-12-26-30(5,39-26)29-28(34-7)24(14-15-31(29)19-37-31)38-27(32)13-10-22-9-11-23(33-6)25(18-22)36-17-16-35-21(3)4/h8-11,13,18,21,24,26,28-29H,12,14-17,19H2,1-7H3/b13-10+/t24-,26?,28-,29?,30-,31+/m1/s1. The monoisotopic (exact) mass is 544 g/mol. The zero-order valence-corrected chi connectivity index (χ0v) is 24.4. The second kappa shape index (κ2) is 12.4. The van der Waals surface area contributed by atoms with Gasteiger partial charge in [-0.05, 0) is 77.7 Å². The van der Waals surface area contributed by atoms with Gasteiger partial charge < -0.3 is 33.2 Å². The fourth-order valence-electron chi connectivity index (χ4n) is 5.77. The molecular weight excluding hydrogens is 500 g/mol. The van der Waals surface area contributed by atoms with Crippen LogP contribution in [0.2, 0.25) is 0 Å². The van der Waals surface area contributed by atoms with Crippen molar-refractivity contribution >= 4 is 12.0 Å². The minimum atomic E-state index is -0.417. The molecule has 216 valence electrons. The molecule has 0 amide bonds. The Morgan fingerprint density at radius 1 is 1.18 bits per heavy atom. The number of carbonyl (C=O) groups excluding carboxylic acids is 1. The first-order valence-electron chi connectivity index (χ1n) is 13.9. The van der Waals surface area contributed by atoms with Gasteiger partial charge in [-0.2, -0.15) is 0 Å². The number of rotatable bonds is 13. The first-order chi connectivity index (χ1) is 18.6. The van der Waals surface area contributed by atoms with Crippen molar-refractivity contribution in [2.75, 3.05) is 34.0 Å². The average molecular weight is 545 g/mol. The highest BCUT2D eigenvalue weighted by molar-refractivity contribution is 5.87. The van der Waals surface area contributed by atoms with Crippen molar-refractivity contribution in [1.29, 1.82) is 0 Å². The molecule has 2 unspecified atom stereocenters. The fraction of sp³-hybridized carbons (Fsp3) is 0.645. The van der Waals surface area contributed by atoms with Gasteiger partial charge in [0.15, 0.2) is 11.5 Å². The average Bonchev–Trinajstić information content (AvgIpc) is 3.82. The summed E-state index contributed by atoms with van der Waals surface area (Å²) < 4.78 is 41.0. The molecule has 1 saturated carbocycles. The normalized spacial score (nSPS) is 31.4. The van der Waals surface area contributed by atoms with Gasteiger partial charge in [-0.1, -0.05) is 17.7 Å². The molecule has 8 nitrogen and oxygen atoms in total. The van der Waals surface area contributed by atoms with Crippen LogP contribution in [0, 0.1) is 5.92 Å². The summed E-state index contributed by atoms with van der Waals surface area (Å²) in [4.78, 5) is 12.9. The summed E-state index contributed by atoms with van der Waals surface area (Å²) in [6.07, 6.45) is 7.27. The van der Waals surface area contributed by atoms with E-state index >= 15 is 0 Å². The van der Waals surface area contributed by atoms with E-state index < -0.39 is 5.97 Å². The maximum atomic E-state index is 12.9. The van der Waals surface area contributed by atoms with Crippen LogP contribution in [-0.2, 0) is 28.5 Å². The van der Waals surface area contributed by atoms with Crippen LogP contribution in [0.5, 0.6) is 11.5 Å². The molecule has 1 aliphatic carbocycles. The molecule has 2 heterocycles. The molecule has 0 bridgehead atoms. The predicted molar refractivity (Wildman–Crippen MR) is 148 cm³/mol. The van der Waals surface area contributed by atoms with Crippen molar-refractivity contribution in [3.8, 4) is 11.5 Å². The highest BCUT2D eigenvalue weighted by atomic mass is 16.6. The maximum Gasteiger partial charge on any atom is 0.331 e. The van der Waals surface area contributed by atoms with Crippen LogP contribution >= 0.6 is 0 Å². The quantitative estimate of drug-likeness (QED) is 0.111. The SMILES string of the molecule is COc1ccc(/C=C/C(=O)O[C@@H]2CC[C@]3(CO3)C([C@]3(C)OC3CC=C(C)C)[C@@H]2OC)cc1OCCOC(C)C. The Morgan fingerprint density at radius 3 is 2.59 bits per heavy atom. The van der Waals surface area contributed by atoms with Gasteiger partial charge in [0.2, 0.25) is 0 Å². The lowest BCUT2D eigenvalue weighted by Gasteiger charge is -2.42. The summed E-state index contributed by atoms with van der Waals surface area (Å²) in [5, 5.41) is 0. The van der Waals surface area contributed by atoms with Crippen molar-refractivity contribution in [3.63, 3.8) is 0 Å². The van der Waals surface area contributed by atoms with E-state index in [1.807, 2.05) is 32.0 Å². The van der Waals surface area contributed by atoms with E-state index in [1.165, 1.54) is 11.6 Å². The number of ether oxygens (including phenoxy) is 7. The lowest BCUT2D eigenvalue weighted by molar-refractivity contribution is -0.166. The summed E-state index contributed by atoms with van der Waals surface area (Å²) >= 11 is 0. The minimum absolute atomic E-state index is 0.0120. The summed E-state index contributed by atoms with van der Waals surface area (Å²) in [5.74, 6) is 0.775. The van der Waals surface area contributed by atoms with Crippen molar-refractivity contribution in [1.82, 2.24) is 0 Å². The van der Waals surface area contributed by atoms with Crippen LogP contribution in [0.4, 0.5) is 0 Å². The molecule has 0 N–H and O–H groups in total. The van der Waals surface area contributed by atoms with E-state index in [4.69, 9.17) is 33.2 Å². The number of methoxy groups -OCH3 is 2. The largest absolute Gasteiger partial charge is 0.493 e. The second-order valence-electron chi connectivity index (χ2n) is 11.4. The van der Waals surface area contributed by atoms with Crippen LogP contribution in [0.1, 0.15) is 59.4 Å². The zero-order chi connectivity index (χ0) is 28.2. The van der Waals surface area contributed by atoms with Crippen LogP contribution < -0.4 is 9.47 Å². The van der Waals surface area contributed by atoms with Gasteiger partial charge in [-0.25, -0.2) is 4.79 Å². The van der Waals surface area contributed by atoms with Gasteiger partial charge in [0, 0.05) is 13.2 Å². The molecule has 6 atom stereocenters. The van der Waals surface area contributed by atoms with E-state index in [2.05, 4.69) is 26.8 Å². The third kappa shape index (κ3) is 7.04. The van der Waals surface area contributed by atoms with E-state index in [0.29, 0.717) is 37.7 Å². The number of esters is 1. The summed E-state index contributed by atoms with van der Waals surface area (Å²) in [5.41, 5.74) is 1.44. The van der Waals surface area contributed by atoms with Crippen LogP contribution in [0.25, 0.3) is 6.08 Å². The van der Waals surface area contributed by atoms with E-state index in [1.54, 1.807) is 20.3 Å². The number of benzene rings is 1. The van der Waals surface area contributed by atoms with E-state index in [-0.39, 0.29) is 41.5 Å². The van der Waals surface area contributed by atoms with E-state index in [9.17, 15) is 4.79 Å². The highest BCUT2D eigenvalue weighted by Crippen LogP contribution is 2.59. The Kier molecular flexibility index (Phi) is 9.42. The third-order valence-corrected chi connectivity index (χ3v) is 7.90. The van der Waals surface area contributed by atoms with Gasteiger partial charge >= 0.3 is 5.97 Å². The Balaban J connectivity index is 1.39. The molecule has 1 spiro atoms. The first-order valence-corrected chi connectivity index (χ1v) is 13.9. The zero-order valence-electron chi connectivity index (χ0n) is 24.4. The Bertz CT molecular complexity index is 1050. The predicted octanol–water partition coefficient (Wildman–Crippen LogP) is 5.13. The van der Waals surface area contributed by atoms with Gasteiger partial charge in [-0.3, -0.25) is 0 Å². The van der Waals surface area contributed by atoms with Crippen molar-refractivity contribution in [3.05, 3.63) is 41.5 Å². The molecular formula is C31H44O8. The Hall–Kier alpha value is -2.39. The number of hydrogen-bond donors (Lipinski definition) is 0. The molecule has 3 fully saturated rings. The number of allylic oxidation sites excluding steroid dienone is 1. The summed E-state index contributed by atoms with van der Waals surface area (Å²) in [6.45, 7) is 11.8. The second-order valence-corrected chi connectivity index (χ2v) is 11.4. The molecule has 1 aromatic rings. The molecule has 4 rings (SSSR count).